The zero-order valence-electron chi connectivity index (χ0n) is 20.2. The zero-order chi connectivity index (χ0) is 27.5. The number of halogens is 8. The summed E-state index contributed by atoms with van der Waals surface area (Å²) in [6, 6.07) is 6.68. The van der Waals surface area contributed by atoms with Crippen LogP contribution in [0, 0.1) is 17.6 Å². The van der Waals surface area contributed by atoms with Crippen LogP contribution < -0.4 is 0 Å². The summed E-state index contributed by atoms with van der Waals surface area (Å²) in [5.41, 5.74) is -3.03. The molecule has 0 N–H and O–H groups in total. The first-order chi connectivity index (χ1) is 17.2. The molecule has 1 aliphatic heterocycles. The first-order valence-electron chi connectivity index (χ1n) is 11.5. The van der Waals surface area contributed by atoms with Crippen molar-refractivity contribution in [2.24, 2.45) is 15.9 Å². The third-order valence-corrected chi connectivity index (χ3v) is 5.98. The van der Waals surface area contributed by atoms with Crippen LogP contribution in [0.2, 0.25) is 0 Å². The zero-order valence-corrected chi connectivity index (χ0v) is 20.2. The van der Waals surface area contributed by atoms with E-state index in [4.69, 9.17) is 0 Å². The Kier molecular flexibility index (Phi) is 8.39. The molecular weight excluding hydrogens is 504 g/mol. The van der Waals surface area contributed by atoms with Gasteiger partial charge in [0, 0.05) is 5.56 Å². The summed E-state index contributed by atoms with van der Waals surface area (Å²) in [4.78, 5) is 8.08. The highest BCUT2D eigenvalue weighted by molar-refractivity contribution is 6.11. The van der Waals surface area contributed by atoms with E-state index in [9.17, 15) is 35.1 Å². The Labute approximate surface area is 209 Å². The van der Waals surface area contributed by atoms with Crippen LogP contribution >= 0.6 is 0 Å². The molecule has 2 aromatic rings. The molecule has 10 heteroatoms. The predicted octanol–water partition coefficient (Wildman–Crippen LogP) is 8.93. The summed E-state index contributed by atoms with van der Waals surface area (Å²) in [5, 5.41) is 0. The van der Waals surface area contributed by atoms with Gasteiger partial charge in [-0.05, 0) is 79.3 Å². The molecule has 0 aliphatic carbocycles. The molecule has 0 amide bonds. The quantitative estimate of drug-likeness (QED) is 0.273. The number of rotatable bonds is 5. The van der Waals surface area contributed by atoms with Crippen LogP contribution in [0.5, 0.6) is 0 Å². The normalized spacial score (nSPS) is 17.8. The fourth-order valence-electron chi connectivity index (χ4n) is 3.79. The van der Waals surface area contributed by atoms with Crippen LogP contribution in [-0.2, 0) is 6.18 Å². The van der Waals surface area contributed by atoms with Gasteiger partial charge in [0.05, 0.1) is 22.7 Å². The third-order valence-electron chi connectivity index (χ3n) is 5.98. The first kappa shape index (κ1) is 28.3. The smallest absolute Gasteiger partial charge is 0.251 e. The SMILES string of the molecule is CCCC(=NC1=C(C)C(C)CC=C(c2ccc(F)cc2)N=C1C(F)(F)F)c1ccc(C(F)(F)F)cc1F. The van der Waals surface area contributed by atoms with Crippen LogP contribution in [0.15, 0.2) is 69.8 Å². The number of alkyl halides is 6. The predicted molar refractivity (Wildman–Crippen MR) is 127 cm³/mol. The van der Waals surface area contributed by atoms with Crippen LogP contribution in [0.1, 0.15) is 56.7 Å². The Balaban J connectivity index is 2.24. The van der Waals surface area contributed by atoms with E-state index in [-0.39, 0.29) is 34.5 Å². The molecule has 0 spiro atoms. The summed E-state index contributed by atoms with van der Waals surface area (Å²) in [6.07, 6.45) is -7.57. The van der Waals surface area contributed by atoms with E-state index in [1.165, 1.54) is 25.1 Å². The summed E-state index contributed by atoms with van der Waals surface area (Å²) in [6.45, 7) is 4.85. The fourth-order valence-corrected chi connectivity index (χ4v) is 3.79. The lowest BCUT2D eigenvalue weighted by atomic mass is 9.92. The second kappa shape index (κ2) is 11.0. The molecular formula is C27H24F8N2. The third kappa shape index (κ3) is 6.72. The van der Waals surface area contributed by atoms with E-state index >= 15 is 0 Å². The minimum absolute atomic E-state index is 0.0131. The van der Waals surface area contributed by atoms with Gasteiger partial charge in [-0.2, -0.15) is 26.3 Å². The monoisotopic (exact) mass is 528 g/mol. The maximum Gasteiger partial charge on any atom is 0.435 e. The lowest BCUT2D eigenvalue weighted by Crippen LogP contribution is -2.27. The van der Waals surface area contributed by atoms with Gasteiger partial charge in [-0.1, -0.05) is 26.3 Å². The first-order valence-corrected chi connectivity index (χ1v) is 11.5. The van der Waals surface area contributed by atoms with Crippen molar-refractivity contribution >= 4 is 17.1 Å². The van der Waals surface area contributed by atoms with E-state index in [0.29, 0.717) is 25.0 Å². The minimum atomic E-state index is -4.97. The second-order valence-corrected chi connectivity index (χ2v) is 8.72. The molecule has 2 nitrogen and oxygen atoms in total. The lowest BCUT2D eigenvalue weighted by Gasteiger charge is -2.22. The van der Waals surface area contributed by atoms with Gasteiger partial charge in [0.1, 0.15) is 11.6 Å². The number of hydrogen-bond acceptors (Lipinski definition) is 2. The second-order valence-electron chi connectivity index (χ2n) is 8.72. The van der Waals surface area contributed by atoms with Crippen molar-refractivity contribution in [3.8, 4) is 0 Å². The molecule has 1 aliphatic rings. The highest BCUT2D eigenvalue weighted by Crippen LogP contribution is 2.35. The van der Waals surface area contributed by atoms with Gasteiger partial charge in [0.2, 0.25) is 0 Å². The van der Waals surface area contributed by atoms with Crippen LogP contribution in [0.3, 0.4) is 0 Å². The summed E-state index contributed by atoms with van der Waals surface area (Å²) < 4.78 is 110. The highest BCUT2D eigenvalue weighted by Gasteiger charge is 2.41. The Hall–Kier alpha value is -3.30. The van der Waals surface area contributed by atoms with Crippen LogP contribution in [0.25, 0.3) is 5.70 Å². The average molecular weight is 528 g/mol. The van der Waals surface area contributed by atoms with E-state index in [2.05, 4.69) is 9.98 Å². The van der Waals surface area contributed by atoms with Crippen molar-refractivity contribution in [3.63, 3.8) is 0 Å². The van der Waals surface area contributed by atoms with Crippen molar-refractivity contribution < 1.29 is 35.1 Å². The summed E-state index contributed by atoms with van der Waals surface area (Å²) in [5.74, 6) is -2.23. The lowest BCUT2D eigenvalue weighted by molar-refractivity contribution is -0.137. The maximum absolute atomic E-state index is 14.8. The van der Waals surface area contributed by atoms with Gasteiger partial charge in [-0.15, -0.1) is 0 Å². The van der Waals surface area contributed by atoms with Gasteiger partial charge in [0.15, 0.2) is 5.71 Å². The Morgan fingerprint density at radius 2 is 1.62 bits per heavy atom. The number of aliphatic imine (C=N–C) groups is 2. The molecule has 0 saturated carbocycles. The topological polar surface area (TPSA) is 24.7 Å². The number of allylic oxidation sites excluding steroid dienone is 3. The Morgan fingerprint density at radius 1 is 0.973 bits per heavy atom. The van der Waals surface area contributed by atoms with Crippen molar-refractivity contribution in [3.05, 3.63) is 88.1 Å². The van der Waals surface area contributed by atoms with Gasteiger partial charge < -0.3 is 0 Å². The van der Waals surface area contributed by atoms with E-state index in [1.807, 2.05) is 0 Å². The number of hydrogen-bond donors (Lipinski definition) is 0. The Bertz CT molecular complexity index is 1260. The maximum atomic E-state index is 14.8. The van der Waals surface area contributed by atoms with Crippen molar-refractivity contribution in [1.82, 2.24) is 0 Å². The van der Waals surface area contributed by atoms with Crippen molar-refractivity contribution in [2.75, 3.05) is 0 Å². The van der Waals surface area contributed by atoms with Gasteiger partial charge in [0.25, 0.3) is 0 Å². The largest absolute Gasteiger partial charge is 0.435 e. The highest BCUT2D eigenvalue weighted by atomic mass is 19.4. The molecule has 2 aromatic carbocycles. The van der Waals surface area contributed by atoms with Gasteiger partial charge in [-0.3, -0.25) is 4.99 Å². The van der Waals surface area contributed by atoms with Crippen LogP contribution in [-0.4, -0.2) is 17.6 Å². The molecule has 0 aromatic heterocycles. The molecule has 1 atom stereocenters. The van der Waals surface area contributed by atoms with Gasteiger partial charge in [-0.25, -0.2) is 13.8 Å². The van der Waals surface area contributed by atoms with Crippen molar-refractivity contribution in [2.45, 2.75) is 52.4 Å². The standard InChI is InChI=1S/C27H24F8N2/c1-4-5-23(20-12-9-18(14-21(20)29)26(30,31)32)36-24-16(3)15(2)6-13-22(37-25(24)27(33,34)35)17-7-10-19(28)11-8-17/h7-15H,4-6H2,1-3H3. The molecule has 0 radical (unpaired) electrons. The summed E-state index contributed by atoms with van der Waals surface area (Å²) in [7, 11) is 0. The van der Waals surface area contributed by atoms with E-state index in [0.717, 1.165) is 18.2 Å². The fraction of sp³-hybridized carbons (Fsp3) is 0.333. The number of nitrogens with zero attached hydrogens (tertiary/aromatic N) is 2. The van der Waals surface area contributed by atoms with Gasteiger partial charge >= 0.3 is 12.4 Å². The van der Waals surface area contributed by atoms with Crippen molar-refractivity contribution in [1.29, 1.82) is 0 Å². The van der Waals surface area contributed by atoms with E-state index in [1.54, 1.807) is 13.8 Å². The van der Waals surface area contributed by atoms with E-state index < -0.39 is 46.9 Å². The minimum Gasteiger partial charge on any atom is -0.251 e. The molecule has 0 bridgehead atoms. The molecule has 1 heterocycles. The average Bonchev–Trinajstić information content (AvgIpc) is 2.80. The van der Waals surface area contributed by atoms with Crippen LogP contribution in [0.4, 0.5) is 35.1 Å². The molecule has 3 rings (SSSR count). The molecule has 198 valence electrons. The number of benzene rings is 2. The summed E-state index contributed by atoms with van der Waals surface area (Å²) >= 11 is 0. The molecule has 1 unspecified atom stereocenters. The molecule has 0 fully saturated rings. The molecule has 0 saturated heterocycles. The Morgan fingerprint density at radius 3 is 2.16 bits per heavy atom. The molecule has 37 heavy (non-hydrogen) atoms.